The van der Waals surface area contributed by atoms with E-state index in [4.69, 9.17) is 0 Å². The molecule has 3 aromatic rings. The number of aromatic amines is 1. The quantitative estimate of drug-likeness (QED) is 0.234. The lowest BCUT2D eigenvalue weighted by atomic mass is 9.91. The number of benzene rings is 1. The summed E-state index contributed by atoms with van der Waals surface area (Å²) < 4.78 is 73.7. The van der Waals surface area contributed by atoms with Crippen molar-refractivity contribution in [3.63, 3.8) is 0 Å². The van der Waals surface area contributed by atoms with Gasteiger partial charge in [0.2, 0.25) is 0 Å². The summed E-state index contributed by atoms with van der Waals surface area (Å²) in [7, 11) is 0.985. The predicted octanol–water partition coefficient (Wildman–Crippen LogP) is 6.50. The SMILES string of the molecule is COC(=O)c1c(C(F)F)nc(C(F)(F)F)c(CSc2nc3cc(C)ccc3[nH]2)c1CC(C)C. The second-order valence-electron chi connectivity index (χ2n) is 7.92. The molecule has 0 atom stereocenters. The number of hydrogen-bond acceptors (Lipinski definition) is 5. The van der Waals surface area contributed by atoms with Gasteiger partial charge in [0.1, 0.15) is 11.4 Å². The number of hydrogen-bond donors (Lipinski definition) is 1. The predicted molar refractivity (Wildman–Crippen MR) is 114 cm³/mol. The number of imidazole rings is 1. The molecule has 1 N–H and O–H groups in total. The average molecular weight is 487 g/mol. The van der Waals surface area contributed by atoms with Crippen LogP contribution in [0, 0.1) is 12.8 Å². The van der Waals surface area contributed by atoms with Gasteiger partial charge >= 0.3 is 12.1 Å². The minimum atomic E-state index is -5.00. The van der Waals surface area contributed by atoms with Gasteiger partial charge in [0.15, 0.2) is 5.16 Å². The van der Waals surface area contributed by atoms with Crippen LogP contribution in [0.1, 0.15) is 58.7 Å². The van der Waals surface area contributed by atoms with Gasteiger partial charge in [0.05, 0.1) is 23.7 Å². The molecule has 0 unspecified atom stereocenters. The van der Waals surface area contributed by atoms with Gasteiger partial charge in [-0.3, -0.25) is 0 Å². The molecule has 0 spiro atoms. The summed E-state index contributed by atoms with van der Waals surface area (Å²) >= 11 is 0.973. The largest absolute Gasteiger partial charge is 0.465 e. The molecule has 0 amide bonds. The zero-order chi connectivity index (χ0) is 24.5. The van der Waals surface area contributed by atoms with Crippen LogP contribution in [-0.4, -0.2) is 28.0 Å². The molecule has 11 heteroatoms. The van der Waals surface area contributed by atoms with Gasteiger partial charge in [0, 0.05) is 5.75 Å². The van der Waals surface area contributed by atoms with Crippen molar-refractivity contribution < 1.29 is 31.5 Å². The molecule has 0 radical (unpaired) electrons. The Hall–Kier alpha value is -2.69. The number of pyridine rings is 1. The zero-order valence-corrected chi connectivity index (χ0v) is 19.1. The van der Waals surface area contributed by atoms with Crippen molar-refractivity contribution in [2.24, 2.45) is 5.92 Å². The van der Waals surface area contributed by atoms with Gasteiger partial charge in [-0.15, -0.1) is 0 Å². The summed E-state index contributed by atoms with van der Waals surface area (Å²) in [4.78, 5) is 23.0. The first-order chi connectivity index (χ1) is 15.4. The third kappa shape index (κ3) is 5.45. The van der Waals surface area contributed by atoms with Crippen molar-refractivity contribution in [3.05, 3.63) is 51.8 Å². The Bertz CT molecular complexity index is 1180. The fraction of sp³-hybridized carbons (Fsp3) is 0.409. The molecule has 2 aromatic heterocycles. The van der Waals surface area contributed by atoms with Crippen LogP contribution in [0.3, 0.4) is 0 Å². The van der Waals surface area contributed by atoms with Crippen LogP contribution in [0.2, 0.25) is 0 Å². The molecule has 0 aliphatic carbocycles. The van der Waals surface area contributed by atoms with Gasteiger partial charge in [-0.1, -0.05) is 31.7 Å². The monoisotopic (exact) mass is 487 g/mol. The molecule has 1 aromatic carbocycles. The molecule has 0 saturated carbocycles. The molecular weight excluding hydrogens is 465 g/mol. The maximum absolute atomic E-state index is 13.9. The average Bonchev–Trinajstić information content (AvgIpc) is 3.12. The Morgan fingerprint density at radius 1 is 1.18 bits per heavy atom. The summed E-state index contributed by atoms with van der Waals surface area (Å²) in [5.74, 6) is -1.65. The number of H-pyrrole nitrogens is 1. The van der Waals surface area contributed by atoms with Crippen molar-refractivity contribution >= 4 is 28.8 Å². The topological polar surface area (TPSA) is 67.9 Å². The fourth-order valence-electron chi connectivity index (χ4n) is 3.50. The Kier molecular flexibility index (Phi) is 7.30. The number of alkyl halides is 5. The standard InChI is InChI=1S/C22H22F5N3O2S/c1-10(2)7-12-13(9-33-21-28-14-6-5-11(3)8-15(14)29-21)18(22(25,26)27)30-17(19(23)24)16(12)20(31)32-4/h5-6,8,10,19H,7,9H2,1-4H3,(H,28,29). The number of nitrogens with zero attached hydrogens (tertiary/aromatic N) is 2. The van der Waals surface area contributed by atoms with E-state index in [2.05, 4.69) is 19.7 Å². The number of carbonyl (C=O) groups is 1. The van der Waals surface area contributed by atoms with Crippen molar-refractivity contribution in [2.75, 3.05) is 7.11 Å². The number of thioether (sulfide) groups is 1. The molecule has 0 fully saturated rings. The summed E-state index contributed by atoms with van der Waals surface area (Å²) in [6.45, 7) is 5.32. The van der Waals surface area contributed by atoms with Gasteiger partial charge < -0.3 is 9.72 Å². The van der Waals surface area contributed by atoms with E-state index in [9.17, 15) is 26.7 Å². The first-order valence-electron chi connectivity index (χ1n) is 10.0. The lowest BCUT2D eigenvalue weighted by Gasteiger charge is -2.22. The van der Waals surface area contributed by atoms with Crippen molar-refractivity contribution in [1.82, 2.24) is 15.0 Å². The minimum absolute atomic E-state index is 0.0367. The summed E-state index contributed by atoms with van der Waals surface area (Å²) in [5.41, 5.74) is -1.39. The van der Waals surface area contributed by atoms with E-state index in [0.717, 1.165) is 24.4 Å². The van der Waals surface area contributed by atoms with E-state index in [1.54, 1.807) is 19.9 Å². The number of esters is 1. The molecule has 2 heterocycles. The first-order valence-corrected chi connectivity index (χ1v) is 11.0. The van der Waals surface area contributed by atoms with E-state index < -0.39 is 35.5 Å². The molecule has 0 saturated heterocycles. The van der Waals surface area contributed by atoms with Crippen LogP contribution in [0.4, 0.5) is 22.0 Å². The Morgan fingerprint density at radius 3 is 2.45 bits per heavy atom. The molecule has 33 heavy (non-hydrogen) atoms. The number of nitrogens with one attached hydrogen (secondary N) is 1. The lowest BCUT2D eigenvalue weighted by Crippen LogP contribution is -2.22. The number of fused-ring (bicyclic) bond motifs is 1. The number of carbonyl (C=O) groups excluding carboxylic acids is 1. The van der Waals surface area contributed by atoms with Crippen LogP contribution in [-0.2, 0) is 23.1 Å². The number of rotatable bonds is 7. The zero-order valence-electron chi connectivity index (χ0n) is 18.3. The summed E-state index contributed by atoms with van der Waals surface area (Å²) in [6.07, 6.45) is -8.41. The highest BCUT2D eigenvalue weighted by Crippen LogP contribution is 2.40. The number of halogens is 5. The Balaban J connectivity index is 2.17. The molecule has 5 nitrogen and oxygen atoms in total. The normalized spacial score (nSPS) is 12.2. The van der Waals surface area contributed by atoms with Crippen LogP contribution < -0.4 is 0 Å². The molecule has 178 valence electrons. The highest BCUT2D eigenvalue weighted by molar-refractivity contribution is 7.98. The Morgan fingerprint density at radius 2 is 1.88 bits per heavy atom. The van der Waals surface area contributed by atoms with Crippen molar-refractivity contribution in [3.8, 4) is 0 Å². The van der Waals surface area contributed by atoms with Crippen LogP contribution in [0.15, 0.2) is 23.4 Å². The smallest absolute Gasteiger partial charge is 0.433 e. The summed E-state index contributed by atoms with van der Waals surface area (Å²) in [5, 5.41) is 0.358. The van der Waals surface area contributed by atoms with Gasteiger partial charge in [0.25, 0.3) is 6.43 Å². The number of aromatic nitrogens is 3. The minimum Gasteiger partial charge on any atom is -0.465 e. The van der Waals surface area contributed by atoms with Gasteiger partial charge in [-0.2, -0.15) is 13.2 Å². The molecular formula is C22H22F5N3O2S. The second kappa shape index (κ2) is 9.66. The third-order valence-corrected chi connectivity index (χ3v) is 5.79. The Labute approximate surface area is 191 Å². The number of methoxy groups -OCH3 is 1. The van der Waals surface area contributed by atoms with E-state index in [1.165, 1.54) is 0 Å². The van der Waals surface area contributed by atoms with Crippen molar-refractivity contribution in [1.29, 1.82) is 0 Å². The lowest BCUT2D eigenvalue weighted by molar-refractivity contribution is -0.142. The van der Waals surface area contributed by atoms with Crippen molar-refractivity contribution in [2.45, 2.75) is 50.7 Å². The number of ether oxygens (including phenoxy) is 1. The van der Waals surface area contributed by atoms with E-state index >= 15 is 0 Å². The molecule has 0 aliphatic heterocycles. The third-order valence-electron chi connectivity index (χ3n) is 4.89. The van der Waals surface area contributed by atoms with E-state index in [1.807, 2.05) is 19.1 Å². The molecule has 3 rings (SSSR count). The molecule has 0 bridgehead atoms. The highest BCUT2D eigenvalue weighted by atomic mass is 32.2. The highest BCUT2D eigenvalue weighted by Gasteiger charge is 2.40. The number of aryl methyl sites for hydroxylation is 1. The fourth-order valence-corrected chi connectivity index (χ4v) is 4.44. The van der Waals surface area contributed by atoms with Gasteiger partial charge in [-0.25, -0.2) is 23.5 Å². The van der Waals surface area contributed by atoms with E-state index in [-0.39, 0.29) is 29.2 Å². The van der Waals surface area contributed by atoms with Crippen LogP contribution >= 0.6 is 11.8 Å². The van der Waals surface area contributed by atoms with E-state index in [0.29, 0.717) is 16.2 Å². The van der Waals surface area contributed by atoms with Gasteiger partial charge in [-0.05, 0) is 48.1 Å². The maximum atomic E-state index is 13.9. The summed E-state index contributed by atoms with van der Waals surface area (Å²) in [6, 6.07) is 5.50. The maximum Gasteiger partial charge on any atom is 0.433 e. The van der Waals surface area contributed by atoms with Crippen LogP contribution in [0.25, 0.3) is 11.0 Å². The first kappa shape index (κ1) is 24.9. The molecule has 0 aliphatic rings. The van der Waals surface area contributed by atoms with Crippen LogP contribution in [0.5, 0.6) is 0 Å². The second-order valence-corrected chi connectivity index (χ2v) is 8.88.